The van der Waals surface area contributed by atoms with E-state index < -0.39 is 0 Å². The minimum atomic E-state index is 0.762. The van der Waals surface area contributed by atoms with Crippen LogP contribution in [-0.2, 0) is 0 Å². The molecule has 0 saturated heterocycles. The number of anilines is 1. The van der Waals surface area contributed by atoms with Crippen LogP contribution in [0.2, 0.25) is 0 Å². The first-order valence-corrected chi connectivity index (χ1v) is 8.43. The summed E-state index contributed by atoms with van der Waals surface area (Å²) >= 11 is 3.43. The number of hydrogen-bond donors (Lipinski definition) is 1. The van der Waals surface area contributed by atoms with Crippen LogP contribution in [0.5, 0.6) is 0 Å². The van der Waals surface area contributed by atoms with Crippen molar-refractivity contribution < 1.29 is 0 Å². The summed E-state index contributed by atoms with van der Waals surface area (Å²) in [4.78, 5) is 4.72. The Morgan fingerprint density at radius 2 is 1.46 bits per heavy atom. The first-order valence-electron chi connectivity index (χ1n) is 7.63. The number of hydrazone groups is 1. The smallest absolute Gasteiger partial charge is 0.154 e. The van der Waals surface area contributed by atoms with Crippen LogP contribution in [0, 0.1) is 0 Å². The monoisotopic (exact) mass is 375 g/mol. The van der Waals surface area contributed by atoms with E-state index in [4.69, 9.17) is 4.98 Å². The van der Waals surface area contributed by atoms with Gasteiger partial charge in [-0.15, -0.1) is 0 Å². The lowest BCUT2D eigenvalue weighted by Gasteiger charge is -2.08. The minimum absolute atomic E-state index is 0.762. The Labute approximate surface area is 148 Å². The van der Waals surface area contributed by atoms with E-state index in [9.17, 15) is 0 Å². The lowest BCUT2D eigenvalue weighted by Crippen LogP contribution is -1.96. The van der Waals surface area contributed by atoms with Crippen LogP contribution < -0.4 is 5.43 Å². The van der Waals surface area contributed by atoms with Crippen LogP contribution in [0.25, 0.3) is 21.7 Å². The molecule has 0 aliphatic rings. The van der Waals surface area contributed by atoms with Gasteiger partial charge in [-0.05, 0) is 29.1 Å². The van der Waals surface area contributed by atoms with Crippen LogP contribution in [0.15, 0.2) is 82.4 Å². The van der Waals surface area contributed by atoms with Gasteiger partial charge in [0.15, 0.2) is 5.82 Å². The summed E-state index contributed by atoms with van der Waals surface area (Å²) in [7, 11) is 0. The molecule has 0 radical (unpaired) electrons. The molecule has 3 nitrogen and oxygen atoms in total. The molecule has 0 atom stereocenters. The molecule has 116 valence electrons. The van der Waals surface area contributed by atoms with E-state index >= 15 is 0 Å². The Morgan fingerprint density at radius 3 is 2.25 bits per heavy atom. The predicted octanol–water partition coefficient (Wildman–Crippen LogP) is 5.60. The van der Waals surface area contributed by atoms with Gasteiger partial charge in [-0.25, -0.2) is 4.98 Å². The molecule has 0 aliphatic heterocycles. The fourth-order valence-corrected chi connectivity index (χ4v) is 2.97. The number of fused-ring (bicyclic) bond motifs is 3. The van der Waals surface area contributed by atoms with Crippen molar-refractivity contribution in [1.82, 2.24) is 4.98 Å². The van der Waals surface area contributed by atoms with Gasteiger partial charge in [0.05, 0.1) is 11.7 Å². The summed E-state index contributed by atoms with van der Waals surface area (Å²) in [6.45, 7) is 0. The number of halogens is 1. The molecule has 3 aromatic carbocycles. The van der Waals surface area contributed by atoms with Crippen molar-refractivity contribution in [2.45, 2.75) is 0 Å². The first-order chi connectivity index (χ1) is 11.8. The van der Waals surface area contributed by atoms with Crippen molar-refractivity contribution in [3.8, 4) is 0 Å². The molecule has 1 N–H and O–H groups in total. The highest BCUT2D eigenvalue weighted by atomic mass is 79.9. The molecule has 0 spiro atoms. The second-order valence-corrected chi connectivity index (χ2v) is 6.36. The molecule has 4 rings (SSSR count). The molecule has 1 heterocycles. The molecule has 0 unspecified atom stereocenters. The third-order valence-electron chi connectivity index (χ3n) is 3.86. The fraction of sp³-hybridized carbons (Fsp3) is 0. The van der Waals surface area contributed by atoms with E-state index in [1.54, 1.807) is 6.21 Å². The molecule has 4 aromatic rings. The normalized spacial score (nSPS) is 11.4. The van der Waals surface area contributed by atoms with E-state index in [-0.39, 0.29) is 0 Å². The van der Waals surface area contributed by atoms with Crippen molar-refractivity contribution in [3.05, 3.63) is 82.8 Å². The lowest BCUT2D eigenvalue weighted by molar-refractivity contribution is 1.28. The van der Waals surface area contributed by atoms with Crippen molar-refractivity contribution >= 4 is 49.6 Å². The Morgan fingerprint density at radius 1 is 0.792 bits per heavy atom. The summed E-state index contributed by atoms with van der Waals surface area (Å²) in [6, 6.07) is 24.4. The largest absolute Gasteiger partial charge is 0.261 e. The average Bonchev–Trinajstić information content (AvgIpc) is 2.63. The van der Waals surface area contributed by atoms with Crippen LogP contribution in [-0.4, -0.2) is 11.2 Å². The Kier molecular flexibility index (Phi) is 3.97. The molecular formula is C20H14BrN3. The molecule has 0 fully saturated rings. The number of rotatable bonds is 3. The fourth-order valence-electron chi connectivity index (χ4n) is 2.71. The zero-order valence-corrected chi connectivity index (χ0v) is 14.4. The van der Waals surface area contributed by atoms with Crippen LogP contribution >= 0.6 is 15.9 Å². The third kappa shape index (κ3) is 2.88. The van der Waals surface area contributed by atoms with Crippen LogP contribution in [0.4, 0.5) is 5.82 Å². The first kappa shape index (κ1) is 14.8. The van der Waals surface area contributed by atoms with Crippen molar-refractivity contribution in [2.75, 3.05) is 5.43 Å². The highest BCUT2D eigenvalue weighted by Crippen LogP contribution is 2.28. The van der Waals surface area contributed by atoms with Gasteiger partial charge in [0.25, 0.3) is 0 Å². The minimum Gasteiger partial charge on any atom is -0.261 e. The van der Waals surface area contributed by atoms with E-state index in [0.29, 0.717) is 0 Å². The topological polar surface area (TPSA) is 37.3 Å². The Bertz CT molecular complexity index is 1040. The summed E-state index contributed by atoms with van der Waals surface area (Å²) in [6.07, 6.45) is 1.79. The lowest BCUT2D eigenvalue weighted by atomic mass is 10.1. The van der Waals surface area contributed by atoms with E-state index in [0.717, 1.165) is 32.1 Å². The summed E-state index contributed by atoms with van der Waals surface area (Å²) in [5.41, 5.74) is 5.07. The molecule has 0 saturated carbocycles. The van der Waals surface area contributed by atoms with Gasteiger partial charge < -0.3 is 0 Å². The van der Waals surface area contributed by atoms with Crippen LogP contribution in [0.3, 0.4) is 0 Å². The van der Waals surface area contributed by atoms with E-state index in [2.05, 4.69) is 44.7 Å². The summed E-state index contributed by atoms with van der Waals surface area (Å²) < 4.78 is 1.05. The Hall–Kier alpha value is -2.72. The van der Waals surface area contributed by atoms with Gasteiger partial charge in [-0.1, -0.05) is 70.5 Å². The zero-order chi connectivity index (χ0) is 16.4. The van der Waals surface area contributed by atoms with Crippen LogP contribution in [0.1, 0.15) is 5.56 Å². The molecule has 4 heteroatoms. The predicted molar refractivity (Wildman–Crippen MR) is 105 cm³/mol. The SMILES string of the molecule is Brc1ccc(/C=N\Nc2nc3ccccc3c3ccccc23)cc1. The van der Waals surface area contributed by atoms with Gasteiger partial charge in [-0.3, -0.25) is 5.43 Å². The molecular weight excluding hydrogens is 362 g/mol. The number of nitrogens with zero attached hydrogens (tertiary/aromatic N) is 2. The number of pyridine rings is 1. The molecule has 1 aromatic heterocycles. The second-order valence-electron chi connectivity index (χ2n) is 5.44. The number of benzene rings is 3. The number of para-hydroxylation sites is 1. The van der Waals surface area contributed by atoms with Crippen molar-refractivity contribution in [1.29, 1.82) is 0 Å². The van der Waals surface area contributed by atoms with Gasteiger partial charge in [0.1, 0.15) is 0 Å². The molecule has 0 aliphatic carbocycles. The maximum atomic E-state index is 4.72. The number of nitrogens with one attached hydrogen (secondary N) is 1. The number of aromatic nitrogens is 1. The van der Waals surface area contributed by atoms with Gasteiger partial charge in [-0.2, -0.15) is 5.10 Å². The number of hydrogen-bond acceptors (Lipinski definition) is 3. The third-order valence-corrected chi connectivity index (χ3v) is 4.39. The maximum Gasteiger partial charge on any atom is 0.154 e. The highest BCUT2D eigenvalue weighted by Gasteiger charge is 2.06. The average molecular weight is 376 g/mol. The molecule has 24 heavy (non-hydrogen) atoms. The van der Waals surface area contributed by atoms with Gasteiger partial charge in [0.2, 0.25) is 0 Å². The van der Waals surface area contributed by atoms with E-state index in [1.165, 1.54) is 5.39 Å². The quantitative estimate of drug-likeness (QED) is 0.287. The van der Waals surface area contributed by atoms with Crippen molar-refractivity contribution in [3.63, 3.8) is 0 Å². The second kappa shape index (κ2) is 6.42. The summed E-state index contributed by atoms with van der Waals surface area (Å²) in [5.74, 6) is 0.762. The van der Waals surface area contributed by atoms with Gasteiger partial charge in [0, 0.05) is 15.2 Å². The standard InChI is InChI=1S/C20H14BrN3/c21-15-11-9-14(10-12-15)13-22-24-20-18-7-2-1-5-16(18)17-6-3-4-8-19(17)23-20/h1-13H,(H,23,24)/b22-13-. The zero-order valence-electron chi connectivity index (χ0n) is 12.8. The molecule has 0 bridgehead atoms. The molecule has 0 amide bonds. The summed E-state index contributed by atoms with van der Waals surface area (Å²) in [5, 5.41) is 7.72. The van der Waals surface area contributed by atoms with Crippen molar-refractivity contribution in [2.24, 2.45) is 5.10 Å². The highest BCUT2D eigenvalue weighted by molar-refractivity contribution is 9.10. The maximum absolute atomic E-state index is 4.72. The van der Waals surface area contributed by atoms with Gasteiger partial charge >= 0.3 is 0 Å². The Balaban J connectivity index is 1.74. The van der Waals surface area contributed by atoms with E-state index in [1.807, 2.05) is 54.6 Å².